The van der Waals surface area contributed by atoms with Crippen molar-refractivity contribution in [1.29, 1.82) is 0 Å². The fourth-order valence-electron chi connectivity index (χ4n) is 1.47. The van der Waals surface area contributed by atoms with Crippen LogP contribution in [0.5, 0.6) is 0 Å². The third-order valence-electron chi connectivity index (χ3n) is 2.31. The average molecular weight is 277 g/mol. The van der Waals surface area contributed by atoms with E-state index in [2.05, 4.69) is 26.7 Å². The first-order valence-electron chi connectivity index (χ1n) is 5.62. The van der Waals surface area contributed by atoms with E-state index in [1.54, 1.807) is 6.20 Å². The van der Waals surface area contributed by atoms with E-state index in [1.807, 2.05) is 14.1 Å². The molecule has 1 aromatic rings. The van der Waals surface area contributed by atoms with E-state index in [1.165, 1.54) is 0 Å². The highest BCUT2D eigenvalue weighted by Crippen LogP contribution is 2.23. The normalized spacial score (nSPS) is 10.9. The van der Waals surface area contributed by atoms with Gasteiger partial charge in [0.25, 0.3) is 0 Å². The van der Waals surface area contributed by atoms with Gasteiger partial charge in [0.2, 0.25) is 5.28 Å². The molecule has 0 saturated heterocycles. The Morgan fingerprint density at radius 3 is 2.47 bits per heavy atom. The minimum Gasteiger partial charge on any atom is -0.354 e. The number of nitrogens with zero attached hydrogens (tertiary/aromatic N) is 4. The van der Waals surface area contributed by atoms with Crippen molar-refractivity contribution in [2.75, 3.05) is 38.6 Å². The van der Waals surface area contributed by atoms with Crippen molar-refractivity contribution in [2.45, 2.75) is 13.3 Å². The summed E-state index contributed by atoms with van der Waals surface area (Å²) in [6, 6.07) is 0. The van der Waals surface area contributed by atoms with Gasteiger partial charge in [-0.2, -0.15) is 4.98 Å². The molecule has 0 atom stereocenters. The summed E-state index contributed by atoms with van der Waals surface area (Å²) in [5, 5.41) is 0.775. The van der Waals surface area contributed by atoms with Crippen LogP contribution >= 0.6 is 23.2 Å². The molecule has 1 aromatic heterocycles. The van der Waals surface area contributed by atoms with Crippen molar-refractivity contribution < 1.29 is 0 Å². The summed E-state index contributed by atoms with van der Waals surface area (Å²) in [6.07, 6.45) is 2.58. The number of halogens is 2. The van der Waals surface area contributed by atoms with Gasteiger partial charge in [0.1, 0.15) is 5.02 Å². The maximum Gasteiger partial charge on any atom is 0.224 e. The van der Waals surface area contributed by atoms with E-state index >= 15 is 0 Å². The van der Waals surface area contributed by atoms with Gasteiger partial charge < -0.3 is 9.80 Å². The number of likely N-dealkylation sites (N-methyl/N-ethyl adjacent to an activating group) is 1. The van der Waals surface area contributed by atoms with Gasteiger partial charge in [-0.1, -0.05) is 18.5 Å². The maximum absolute atomic E-state index is 6.10. The summed E-state index contributed by atoms with van der Waals surface area (Å²) in [5.41, 5.74) is 0. The van der Waals surface area contributed by atoms with Crippen LogP contribution in [0.15, 0.2) is 6.20 Å². The van der Waals surface area contributed by atoms with E-state index in [9.17, 15) is 0 Å². The lowest BCUT2D eigenvalue weighted by molar-refractivity contribution is 0.412. The summed E-state index contributed by atoms with van der Waals surface area (Å²) in [6.45, 7) is 4.84. The Hall–Kier alpha value is -0.580. The number of aromatic nitrogens is 2. The summed E-state index contributed by atoms with van der Waals surface area (Å²) < 4.78 is 0. The summed E-state index contributed by atoms with van der Waals surface area (Å²) in [4.78, 5) is 12.3. The lowest BCUT2D eigenvalue weighted by Crippen LogP contribution is -2.33. The molecule has 17 heavy (non-hydrogen) atoms. The van der Waals surface area contributed by atoms with Crippen LogP contribution in [0.25, 0.3) is 0 Å². The van der Waals surface area contributed by atoms with Crippen LogP contribution in [0.2, 0.25) is 10.3 Å². The smallest absolute Gasteiger partial charge is 0.224 e. The molecule has 0 N–H and O–H groups in total. The Kier molecular flexibility index (Phi) is 5.95. The largest absolute Gasteiger partial charge is 0.354 e. The lowest BCUT2D eigenvalue weighted by atomic mass is 10.3. The summed E-state index contributed by atoms with van der Waals surface area (Å²) in [7, 11) is 4.08. The summed E-state index contributed by atoms with van der Waals surface area (Å²) in [5.74, 6) is 0.718. The molecule has 0 aliphatic rings. The van der Waals surface area contributed by atoms with E-state index < -0.39 is 0 Å². The van der Waals surface area contributed by atoms with E-state index in [4.69, 9.17) is 23.2 Å². The van der Waals surface area contributed by atoms with Gasteiger partial charge in [-0.05, 0) is 32.1 Å². The molecule has 0 unspecified atom stereocenters. The number of hydrogen-bond acceptors (Lipinski definition) is 4. The molecule has 1 heterocycles. The molecule has 0 amide bonds. The van der Waals surface area contributed by atoms with Crippen LogP contribution < -0.4 is 4.90 Å². The molecule has 0 spiro atoms. The molecule has 0 bridgehead atoms. The third-order valence-corrected chi connectivity index (χ3v) is 2.76. The molecule has 0 fully saturated rings. The zero-order valence-corrected chi connectivity index (χ0v) is 12.0. The first-order valence-corrected chi connectivity index (χ1v) is 6.38. The zero-order valence-electron chi connectivity index (χ0n) is 10.5. The van der Waals surface area contributed by atoms with Crippen LogP contribution in [-0.4, -0.2) is 48.6 Å². The second-order valence-electron chi connectivity index (χ2n) is 4.10. The molecule has 0 aromatic carbocycles. The second kappa shape index (κ2) is 6.99. The molecule has 4 nitrogen and oxygen atoms in total. The lowest BCUT2D eigenvalue weighted by Gasteiger charge is -2.25. The van der Waals surface area contributed by atoms with Gasteiger partial charge in [0.15, 0.2) is 5.82 Å². The van der Waals surface area contributed by atoms with Crippen LogP contribution in [0.4, 0.5) is 5.82 Å². The standard InChI is InChI=1S/C11H18Cl2N4/c1-4-5-17(7-6-16(2)3)10-9(12)8-14-11(13)15-10/h8H,4-7H2,1-3H3. The number of anilines is 1. The average Bonchev–Trinajstić information content (AvgIpc) is 2.27. The van der Waals surface area contributed by atoms with Crippen molar-refractivity contribution in [3.8, 4) is 0 Å². The topological polar surface area (TPSA) is 32.3 Å². The van der Waals surface area contributed by atoms with E-state index in [-0.39, 0.29) is 5.28 Å². The highest BCUT2D eigenvalue weighted by molar-refractivity contribution is 6.33. The van der Waals surface area contributed by atoms with Crippen molar-refractivity contribution in [2.24, 2.45) is 0 Å². The Bertz CT molecular complexity index is 357. The van der Waals surface area contributed by atoms with E-state index in [0.717, 1.165) is 31.9 Å². The predicted molar refractivity (Wildman–Crippen MR) is 73.1 cm³/mol. The predicted octanol–water partition coefficient (Wildman–Crippen LogP) is 2.56. The van der Waals surface area contributed by atoms with Gasteiger partial charge in [0.05, 0.1) is 6.20 Å². The molecular weight excluding hydrogens is 259 g/mol. The molecule has 6 heteroatoms. The van der Waals surface area contributed by atoms with Crippen LogP contribution in [-0.2, 0) is 0 Å². The minimum atomic E-state index is 0.232. The van der Waals surface area contributed by atoms with Gasteiger partial charge in [-0.3, -0.25) is 0 Å². The Balaban J connectivity index is 2.84. The second-order valence-corrected chi connectivity index (χ2v) is 4.85. The molecular formula is C11H18Cl2N4. The van der Waals surface area contributed by atoms with Crippen molar-refractivity contribution in [1.82, 2.24) is 14.9 Å². The zero-order chi connectivity index (χ0) is 12.8. The SMILES string of the molecule is CCCN(CCN(C)C)c1nc(Cl)ncc1Cl. The van der Waals surface area contributed by atoms with Gasteiger partial charge >= 0.3 is 0 Å². The van der Waals surface area contributed by atoms with Crippen molar-refractivity contribution in [3.05, 3.63) is 16.5 Å². The maximum atomic E-state index is 6.10. The Morgan fingerprint density at radius 2 is 1.88 bits per heavy atom. The fourth-order valence-corrected chi connectivity index (χ4v) is 1.81. The van der Waals surface area contributed by atoms with Crippen LogP contribution in [0, 0.1) is 0 Å². The third kappa shape index (κ3) is 4.66. The van der Waals surface area contributed by atoms with Crippen LogP contribution in [0.3, 0.4) is 0 Å². The van der Waals surface area contributed by atoms with E-state index in [0.29, 0.717) is 5.02 Å². The fraction of sp³-hybridized carbons (Fsp3) is 0.636. The molecule has 0 saturated carbocycles. The first kappa shape index (κ1) is 14.5. The minimum absolute atomic E-state index is 0.232. The van der Waals surface area contributed by atoms with Crippen LogP contribution in [0.1, 0.15) is 13.3 Å². The van der Waals surface area contributed by atoms with Crippen molar-refractivity contribution in [3.63, 3.8) is 0 Å². The number of rotatable bonds is 6. The molecule has 1 rings (SSSR count). The van der Waals surface area contributed by atoms with Gasteiger partial charge in [0, 0.05) is 19.6 Å². The summed E-state index contributed by atoms with van der Waals surface area (Å²) >= 11 is 11.9. The Morgan fingerprint density at radius 1 is 1.18 bits per heavy atom. The number of hydrogen-bond donors (Lipinski definition) is 0. The highest BCUT2D eigenvalue weighted by Gasteiger charge is 2.12. The molecule has 0 radical (unpaired) electrons. The highest BCUT2D eigenvalue weighted by atomic mass is 35.5. The molecule has 96 valence electrons. The molecule has 0 aliphatic heterocycles. The first-order chi connectivity index (χ1) is 8.04. The van der Waals surface area contributed by atoms with Gasteiger partial charge in [-0.25, -0.2) is 4.98 Å². The quantitative estimate of drug-likeness (QED) is 0.748. The van der Waals surface area contributed by atoms with Crippen molar-refractivity contribution >= 4 is 29.0 Å². The monoisotopic (exact) mass is 276 g/mol. The Labute approximate surface area is 113 Å². The van der Waals surface area contributed by atoms with Gasteiger partial charge in [-0.15, -0.1) is 0 Å². The molecule has 0 aliphatic carbocycles.